The number of halogens is 1. The van der Waals surface area contributed by atoms with Gasteiger partial charge in [-0.2, -0.15) is 0 Å². The molecule has 1 rings (SSSR count). The maximum absolute atomic E-state index is 11.7. The van der Waals surface area contributed by atoms with E-state index in [1.165, 1.54) is 0 Å². The molecule has 2 amide bonds. The minimum absolute atomic E-state index is 0.226. The third kappa shape index (κ3) is 5.27. The number of Topliss-reactive ketones (excluding diaryl/α,β-unsaturated/α-hetero) is 1. The highest BCUT2D eigenvalue weighted by Gasteiger charge is 2.22. The summed E-state index contributed by atoms with van der Waals surface area (Å²) in [7, 11) is 0. The van der Waals surface area contributed by atoms with E-state index in [-0.39, 0.29) is 18.6 Å². The molecule has 1 atom stereocenters. The predicted molar refractivity (Wildman–Crippen MR) is 74.9 cm³/mol. The summed E-state index contributed by atoms with van der Waals surface area (Å²) in [6.45, 7) is 1.63. The fourth-order valence-electron chi connectivity index (χ4n) is 1.43. The van der Waals surface area contributed by atoms with E-state index in [1.54, 1.807) is 31.2 Å². The summed E-state index contributed by atoms with van der Waals surface area (Å²) in [5.74, 6) is -1.48. The highest BCUT2D eigenvalue weighted by molar-refractivity contribution is 6.30. The van der Waals surface area contributed by atoms with E-state index in [9.17, 15) is 14.4 Å². The average Bonchev–Trinajstić information content (AvgIpc) is 2.40. The molecule has 0 fully saturated rings. The Bertz CT molecular complexity index is 502. The van der Waals surface area contributed by atoms with Crippen LogP contribution >= 0.6 is 11.6 Å². The normalized spacial score (nSPS) is 11.5. The fourth-order valence-corrected chi connectivity index (χ4v) is 1.56. The lowest BCUT2D eigenvalue weighted by molar-refractivity contribution is -0.140. The van der Waals surface area contributed by atoms with E-state index in [0.29, 0.717) is 10.7 Å². The Morgan fingerprint density at radius 2 is 1.85 bits per heavy atom. The molecule has 1 aromatic carbocycles. The minimum Gasteiger partial charge on any atom is -0.480 e. The summed E-state index contributed by atoms with van der Waals surface area (Å²) in [5.41, 5.74) is 0.470. The first-order valence-electron chi connectivity index (χ1n) is 6.00. The second-order valence-electron chi connectivity index (χ2n) is 4.09. The van der Waals surface area contributed by atoms with Crippen molar-refractivity contribution in [1.82, 2.24) is 5.32 Å². The van der Waals surface area contributed by atoms with Crippen LogP contribution in [0.5, 0.6) is 0 Å². The van der Waals surface area contributed by atoms with Crippen molar-refractivity contribution in [2.24, 2.45) is 0 Å². The Morgan fingerprint density at radius 1 is 1.25 bits per heavy atom. The molecule has 0 radical (unpaired) electrons. The third-order valence-electron chi connectivity index (χ3n) is 2.53. The highest BCUT2D eigenvalue weighted by Crippen LogP contribution is 2.13. The molecule has 0 aromatic heterocycles. The van der Waals surface area contributed by atoms with E-state index in [2.05, 4.69) is 10.6 Å². The number of carboxylic acid groups (broad SMARTS) is 1. The lowest BCUT2D eigenvalue weighted by Crippen LogP contribution is -2.44. The van der Waals surface area contributed by atoms with Gasteiger partial charge in [-0.3, -0.25) is 4.79 Å². The van der Waals surface area contributed by atoms with Crippen LogP contribution in [0.4, 0.5) is 10.5 Å². The predicted octanol–water partition coefficient (Wildman–Crippen LogP) is 2.28. The first-order chi connectivity index (χ1) is 9.42. The van der Waals surface area contributed by atoms with Crippen molar-refractivity contribution in [2.45, 2.75) is 25.8 Å². The van der Waals surface area contributed by atoms with E-state index >= 15 is 0 Å². The number of amides is 2. The first-order valence-corrected chi connectivity index (χ1v) is 6.37. The zero-order chi connectivity index (χ0) is 15.1. The standard InChI is InChI=1S/C13H15ClN2O4/c1-2-10(17)7-11(12(18)19)16-13(20)15-9-5-3-8(14)4-6-9/h3-6,11H,2,7H2,1H3,(H,18,19)(H2,15,16,20). The van der Waals surface area contributed by atoms with Crippen molar-refractivity contribution in [3.63, 3.8) is 0 Å². The van der Waals surface area contributed by atoms with Crippen LogP contribution in [0.3, 0.4) is 0 Å². The number of rotatable bonds is 6. The van der Waals surface area contributed by atoms with Gasteiger partial charge in [-0.25, -0.2) is 9.59 Å². The molecule has 3 N–H and O–H groups in total. The molecule has 0 spiro atoms. The Kier molecular flexibility index (Phi) is 5.99. The van der Waals surface area contributed by atoms with Crippen LogP contribution in [0.1, 0.15) is 19.8 Å². The van der Waals surface area contributed by atoms with Crippen LogP contribution < -0.4 is 10.6 Å². The van der Waals surface area contributed by atoms with Crippen LogP contribution in [-0.2, 0) is 9.59 Å². The largest absolute Gasteiger partial charge is 0.480 e. The van der Waals surface area contributed by atoms with Gasteiger partial charge in [-0.1, -0.05) is 18.5 Å². The first kappa shape index (κ1) is 16.0. The number of ketones is 1. The maximum Gasteiger partial charge on any atom is 0.326 e. The van der Waals surface area contributed by atoms with Gasteiger partial charge in [0.05, 0.1) is 0 Å². The van der Waals surface area contributed by atoms with Gasteiger partial charge in [0.25, 0.3) is 0 Å². The molecule has 0 saturated carbocycles. The number of anilines is 1. The number of hydrogen-bond donors (Lipinski definition) is 3. The number of benzene rings is 1. The van der Waals surface area contributed by atoms with Crippen molar-refractivity contribution in [1.29, 1.82) is 0 Å². The highest BCUT2D eigenvalue weighted by atomic mass is 35.5. The molecule has 0 aliphatic heterocycles. The lowest BCUT2D eigenvalue weighted by atomic mass is 10.1. The Hall–Kier alpha value is -2.08. The molecule has 108 valence electrons. The van der Waals surface area contributed by atoms with E-state index in [4.69, 9.17) is 16.7 Å². The maximum atomic E-state index is 11.7. The van der Waals surface area contributed by atoms with Gasteiger partial charge < -0.3 is 15.7 Å². The van der Waals surface area contributed by atoms with Gasteiger partial charge in [0.2, 0.25) is 0 Å². The number of aliphatic carboxylic acids is 1. The van der Waals surface area contributed by atoms with Crippen LogP contribution in [-0.4, -0.2) is 28.9 Å². The van der Waals surface area contributed by atoms with E-state index in [0.717, 1.165) is 0 Å². The Morgan fingerprint density at radius 3 is 2.35 bits per heavy atom. The van der Waals surface area contributed by atoms with Crippen LogP contribution in [0, 0.1) is 0 Å². The molecule has 6 nitrogen and oxygen atoms in total. The van der Waals surface area contributed by atoms with Crippen LogP contribution in [0.25, 0.3) is 0 Å². The molecular formula is C13H15ClN2O4. The summed E-state index contributed by atoms with van der Waals surface area (Å²) in [6, 6.07) is 4.40. The molecule has 7 heteroatoms. The smallest absolute Gasteiger partial charge is 0.326 e. The van der Waals surface area contributed by atoms with Gasteiger partial charge in [-0.15, -0.1) is 0 Å². The van der Waals surface area contributed by atoms with Crippen molar-refractivity contribution in [3.05, 3.63) is 29.3 Å². The topological polar surface area (TPSA) is 95.5 Å². The zero-order valence-corrected chi connectivity index (χ0v) is 11.6. The van der Waals surface area contributed by atoms with Crippen molar-refractivity contribution >= 4 is 35.1 Å². The number of nitrogens with one attached hydrogen (secondary N) is 2. The van der Waals surface area contributed by atoms with Gasteiger partial charge in [0.15, 0.2) is 0 Å². The zero-order valence-electron chi connectivity index (χ0n) is 10.9. The van der Waals surface area contributed by atoms with Crippen molar-refractivity contribution < 1.29 is 19.5 Å². The van der Waals surface area contributed by atoms with Crippen LogP contribution in [0.15, 0.2) is 24.3 Å². The SMILES string of the molecule is CCC(=O)CC(NC(=O)Nc1ccc(Cl)cc1)C(=O)O. The fraction of sp³-hybridized carbons (Fsp3) is 0.308. The molecule has 0 aliphatic carbocycles. The Labute approximate surface area is 121 Å². The van der Waals surface area contributed by atoms with Gasteiger partial charge in [0.1, 0.15) is 11.8 Å². The van der Waals surface area contributed by atoms with Crippen LogP contribution in [0.2, 0.25) is 5.02 Å². The number of carbonyl (C=O) groups excluding carboxylic acids is 2. The second kappa shape index (κ2) is 7.49. The monoisotopic (exact) mass is 298 g/mol. The van der Waals surface area contributed by atoms with Gasteiger partial charge in [0, 0.05) is 23.6 Å². The molecule has 0 bridgehead atoms. The number of hydrogen-bond acceptors (Lipinski definition) is 3. The second-order valence-corrected chi connectivity index (χ2v) is 4.53. The van der Waals surface area contributed by atoms with E-state index in [1.807, 2.05) is 0 Å². The molecule has 0 saturated heterocycles. The lowest BCUT2D eigenvalue weighted by Gasteiger charge is -2.14. The van der Waals surface area contributed by atoms with E-state index < -0.39 is 18.0 Å². The minimum atomic E-state index is -1.25. The van der Waals surface area contributed by atoms with Gasteiger partial charge >= 0.3 is 12.0 Å². The quantitative estimate of drug-likeness (QED) is 0.751. The average molecular weight is 299 g/mol. The summed E-state index contributed by atoms with van der Waals surface area (Å²) in [4.78, 5) is 33.9. The molecule has 0 aliphatic rings. The molecule has 0 heterocycles. The summed E-state index contributed by atoms with van der Waals surface area (Å²) in [5, 5.41) is 14.2. The van der Waals surface area contributed by atoms with Crippen molar-refractivity contribution in [3.8, 4) is 0 Å². The summed E-state index contributed by atoms with van der Waals surface area (Å²) >= 11 is 5.70. The number of urea groups is 1. The summed E-state index contributed by atoms with van der Waals surface area (Å²) < 4.78 is 0. The summed E-state index contributed by atoms with van der Waals surface area (Å²) in [6.07, 6.45) is -0.00979. The molecule has 20 heavy (non-hydrogen) atoms. The molecular weight excluding hydrogens is 284 g/mol. The van der Waals surface area contributed by atoms with Crippen molar-refractivity contribution in [2.75, 3.05) is 5.32 Å². The molecule has 1 unspecified atom stereocenters. The van der Waals surface area contributed by atoms with Gasteiger partial charge in [-0.05, 0) is 24.3 Å². The number of carbonyl (C=O) groups is 3. The number of carboxylic acids is 1. The Balaban J connectivity index is 2.60. The third-order valence-corrected chi connectivity index (χ3v) is 2.78. The molecule has 1 aromatic rings.